The van der Waals surface area contributed by atoms with Gasteiger partial charge in [0.1, 0.15) is 5.82 Å². The Kier molecular flexibility index (Phi) is 3.43. The van der Waals surface area contributed by atoms with Gasteiger partial charge < -0.3 is 4.98 Å². The second-order valence-corrected chi connectivity index (χ2v) is 7.91. The van der Waals surface area contributed by atoms with E-state index in [4.69, 9.17) is 4.98 Å². The van der Waals surface area contributed by atoms with Crippen molar-refractivity contribution in [3.63, 3.8) is 0 Å². The molecule has 5 aromatic rings. The average molecular weight is 452 g/mol. The molecule has 0 fully saturated rings. The van der Waals surface area contributed by atoms with E-state index in [1.54, 1.807) is 0 Å². The molecule has 0 unspecified atom stereocenters. The largest absolute Gasteiger partial charge is 0.338 e. The molecule has 2 nitrogen and oxygen atoms in total. The fourth-order valence-corrected chi connectivity index (χ4v) is 4.12. The highest BCUT2D eigenvalue weighted by atomic mass is 79.9. The van der Waals surface area contributed by atoms with E-state index >= 15 is 0 Å². The Hall–Kier alpha value is -2.17. The van der Waals surface area contributed by atoms with Crippen molar-refractivity contribution in [1.82, 2.24) is 9.97 Å². The van der Waals surface area contributed by atoms with Crippen molar-refractivity contribution in [1.29, 1.82) is 0 Å². The molecule has 0 saturated heterocycles. The molecule has 25 heavy (non-hydrogen) atoms. The highest BCUT2D eigenvalue weighted by Gasteiger charge is 2.11. The third kappa shape index (κ3) is 2.48. The molecule has 120 valence electrons. The number of rotatable bonds is 1. The van der Waals surface area contributed by atoms with E-state index in [-0.39, 0.29) is 0 Å². The van der Waals surface area contributed by atoms with E-state index in [1.165, 1.54) is 16.2 Å². The van der Waals surface area contributed by atoms with Crippen LogP contribution in [0.4, 0.5) is 0 Å². The van der Waals surface area contributed by atoms with Crippen molar-refractivity contribution in [3.8, 4) is 11.4 Å². The number of aromatic nitrogens is 2. The van der Waals surface area contributed by atoms with Crippen LogP contribution in [-0.2, 0) is 0 Å². The number of nitrogens with zero attached hydrogens (tertiary/aromatic N) is 1. The zero-order valence-corrected chi connectivity index (χ0v) is 16.2. The van der Waals surface area contributed by atoms with Gasteiger partial charge in [-0.1, -0.05) is 68.3 Å². The zero-order chi connectivity index (χ0) is 17.0. The Morgan fingerprint density at radius 2 is 1.44 bits per heavy atom. The summed E-state index contributed by atoms with van der Waals surface area (Å²) in [5, 5.41) is 4.73. The summed E-state index contributed by atoms with van der Waals surface area (Å²) >= 11 is 7.09. The molecule has 1 aromatic heterocycles. The number of benzene rings is 4. The zero-order valence-electron chi connectivity index (χ0n) is 13.1. The molecule has 0 aliphatic heterocycles. The summed E-state index contributed by atoms with van der Waals surface area (Å²) < 4.78 is 2.16. The van der Waals surface area contributed by atoms with E-state index in [0.29, 0.717) is 0 Å². The molecule has 0 atom stereocenters. The maximum absolute atomic E-state index is 4.93. The summed E-state index contributed by atoms with van der Waals surface area (Å²) in [6.45, 7) is 0. The Morgan fingerprint density at radius 3 is 2.24 bits per heavy atom. The lowest BCUT2D eigenvalue weighted by Crippen LogP contribution is -1.83. The minimum absolute atomic E-state index is 0.901. The van der Waals surface area contributed by atoms with Crippen LogP contribution >= 0.6 is 31.9 Å². The van der Waals surface area contributed by atoms with Crippen LogP contribution in [0.15, 0.2) is 75.7 Å². The number of halogens is 2. The topological polar surface area (TPSA) is 28.7 Å². The van der Waals surface area contributed by atoms with Gasteiger partial charge in [0.15, 0.2) is 0 Å². The summed E-state index contributed by atoms with van der Waals surface area (Å²) in [6, 6.07) is 23.2. The molecule has 0 aliphatic carbocycles. The Morgan fingerprint density at radius 1 is 0.720 bits per heavy atom. The lowest BCUT2D eigenvalue weighted by atomic mass is 10.0. The van der Waals surface area contributed by atoms with Gasteiger partial charge in [0.2, 0.25) is 0 Å². The smallest absolute Gasteiger partial charge is 0.139 e. The number of nitrogens with one attached hydrogen (secondary N) is 1. The van der Waals surface area contributed by atoms with Crippen LogP contribution in [0, 0.1) is 0 Å². The molecule has 0 bridgehead atoms. The quantitative estimate of drug-likeness (QED) is 0.290. The molecule has 0 amide bonds. The summed E-state index contributed by atoms with van der Waals surface area (Å²) in [6.07, 6.45) is 0. The van der Waals surface area contributed by atoms with Crippen LogP contribution in [0.5, 0.6) is 0 Å². The molecule has 4 aromatic carbocycles. The monoisotopic (exact) mass is 450 g/mol. The molecule has 0 radical (unpaired) electrons. The fraction of sp³-hybridized carbons (Fsp3) is 0. The normalized spacial score (nSPS) is 11.6. The van der Waals surface area contributed by atoms with E-state index in [2.05, 4.69) is 104 Å². The van der Waals surface area contributed by atoms with Gasteiger partial charge in [-0.25, -0.2) is 4.98 Å². The van der Waals surface area contributed by atoms with Gasteiger partial charge in [0.25, 0.3) is 0 Å². The highest BCUT2D eigenvalue weighted by Crippen LogP contribution is 2.32. The SMILES string of the molecule is Brc1ccc2c(-c3nc4c(ccc5cc(Br)ccc54)[nH]3)cccc2c1. The van der Waals surface area contributed by atoms with Crippen LogP contribution < -0.4 is 0 Å². The molecule has 0 spiro atoms. The first-order valence-corrected chi connectivity index (χ1v) is 9.54. The highest BCUT2D eigenvalue weighted by molar-refractivity contribution is 9.10. The number of H-pyrrole nitrogens is 1. The maximum atomic E-state index is 4.93. The molecule has 1 N–H and O–H groups in total. The standard InChI is InChI=1S/C21H12Br2N2/c22-14-5-7-16-12(10-14)2-1-3-18(16)21-24-19-9-4-13-11-15(23)6-8-17(13)20(19)25-21/h1-11H,(H,24,25). The van der Waals surface area contributed by atoms with Crippen molar-refractivity contribution < 1.29 is 0 Å². The van der Waals surface area contributed by atoms with Crippen LogP contribution in [0.25, 0.3) is 44.0 Å². The minimum atomic E-state index is 0.901. The van der Waals surface area contributed by atoms with Gasteiger partial charge in [-0.15, -0.1) is 0 Å². The molecule has 5 rings (SSSR count). The summed E-state index contributed by atoms with van der Waals surface area (Å²) in [5.41, 5.74) is 3.18. The fourth-order valence-electron chi connectivity index (χ4n) is 3.36. The van der Waals surface area contributed by atoms with Crippen LogP contribution in [0.2, 0.25) is 0 Å². The van der Waals surface area contributed by atoms with E-state index < -0.39 is 0 Å². The minimum Gasteiger partial charge on any atom is -0.338 e. The molecular formula is C21H12Br2N2. The molecular weight excluding hydrogens is 440 g/mol. The lowest BCUT2D eigenvalue weighted by molar-refractivity contribution is 1.35. The van der Waals surface area contributed by atoms with Crippen molar-refractivity contribution in [3.05, 3.63) is 75.7 Å². The number of hydrogen-bond donors (Lipinski definition) is 1. The van der Waals surface area contributed by atoms with Crippen molar-refractivity contribution >= 4 is 64.4 Å². The first-order valence-electron chi connectivity index (χ1n) is 7.96. The Labute approximate surface area is 161 Å². The third-order valence-electron chi connectivity index (χ3n) is 4.53. The van der Waals surface area contributed by atoms with Gasteiger partial charge in [-0.2, -0.15) is 0 Å². The Balaban J connectivity index is 1.80. The Bertz CT molecular complexity index is 1270. The van der Waals surface area contributed by atoms with Gasteiger partial charge in [-0.05, 0) is 46.5 Å². The van der Waals surface area contributed by atoms with E-state index in [1.807, 2.05) is 0 Å². The van der Waals surface area contributed by atoms with Crippen molar-refractivity contribution in [2.24, 2.45) is 0 Å². The van der Waals surface area contributed by atoms with Crippen molar-refractivity contribution in [2.75, 3.05) is 0 Å². The molecule has 4 heteroatoms. The van der Waals surface area contributed by atoms with Gasteiger partial charge in [0, 0.05) is 19.9 Å². The number of hydrogen-bond acceptors (Lipinski definition) is 1. The average Bonchev–Trinajstić information content (AvgIpc) is 3.05. The molecule has 1 heterocycles. The summed E-state index contributed by atoms with van der Waals surface area (Å²) in [4.78, 5) is 8.42. The van der Waals surface area contributed by atoms with Crippen molar-refractivity contribution in [2.45, 2.75) is 0 Å². The first kappa shape index (κ1) is 15.1. The molecule has 0 saturated carbocycles. The predicted octanol–water partition coefficient (Wildman–Crippen LogP) is 7.06. The van der Waals surface area contributed by atoms with Crippen LogP contribution in [0.3, 0.4) is 0 Å². The predicted molar refractivity (Wildman–Crippen MR) is 112 cm³/mol. The van der Waals surface area contributed by atoms with E-state index in [9.17, 15) is 0 Å². The summed E-state index contributed by atoms with van der Waals surface area (Å²) in [5.74, 6) is 0.901. The van der Waals surface area contributed by atoms with Crippen LogP contribution in [-0.4, -0.2) is 9.97 Å². The van der Waals surface area contributed by atoms with E-state index in [0.717, 1.165) is 36.8 Å². The second-order valence-electron chi connectivity index (χ2n) is 6.08. The van der Waals surface area contributed by atoms with Gasteiger partial charge in [0.05, 0.1) is 11.0 Å². The molecule has 0 aliphatic rings. The number of fused-ring (bicyclic) bond motifs is 4. The summed E-state index contributed by atoms with van der Waals surface area (Å²) in [7, 11) is 0. The second kappa shape index (κ2) is 5.68. The number of aromatic amines is 1. The van der Waals surface area contributed by atoms with Crippen LogP contribution in [0.1, 0.15) is 0 Å². The lowest BCUT2D eigenvalue weighted by Gasteiger charge is -2.04. The first-order chi connectivity index (χ1) is 12.2. The van der Waals surface area contributed by atoms with Gasteiger partial charge >= 0.3 is 0 Å². The third-order valence-corrected chi connectivity index (χ3v) is 5.51. The number of imidazole rings is 1. The van der Waals surface area contributed by atoms with Gasteiger partial charge in [-0.3, -0.25) is 0 Å². The maximum Gasteiger partial charge on any atom is 0.139 e.